The van der Waals surface area contributed by atoms with Crippen LogP contribution in [0.15, 0.2) is 24.5 Å². The number of hydrogen-bond donors (Lipinski definition) is 1. The van der Waals surface area contributed by atoms with Crippen molar-refractivity contribution in [1.29, 1.82) is 0 Å². The number of nitrogens with zero attached hydrogens (tertiary/aromatic N) is 2. The molecule has 1 rings (SSSR count). The van der Waals surface area contributed by atoms with Gasteiger partial charge in [-0.2, -0.15) is 4.31 Å². The van der Waals surface area contributed by atoms with Crippen molar-refractivity contribution in [3.63, 3.8) is 0 Å². The fraction of sp³-hybridized carbons (Fsp3) is 0.538. The maximum Gasteiger partial charge on any atom is 0.235 e. The molecule has 1 N–H and O–H groups in total. The molecule has 0 bridgehead atoms. The van der Waals surface area contributed by atoms with Gasteiger partial charge in [0.25, 0.3) is 0 Å². The summed E-state index contributed by atoms with van der Waals surface area (Å²) in [6, 6.07) is 3.57. The quantitative estimate of drug-likeness (QED) is 0.648. The van der Waals surface area contributed by atoms with Gasteiger partial charge >= 0.3 is 0 Å². The molecule has 1 amide bonds. The van der Waals surface area contributed by atoms with Gasteiger partial charge in [-0.05, 0) is 24.1 Å². The minimum atomic E-state index is -3.42. The van der Waals surface area contributed by atoms with Gasteiger partial charge in [0.05, 0.1) is 12.8 Å². The first-order valence-electron chi connectivity index (χ1n) is 6.53. The second-order valence-electron chi connectivity index (χ2n) is 4.58. The smallest absolute Gasteiger partial charge is 0.235 e. The fourth-order valence-corrected chi connectivity index (χ4v) is 2.48. The van der Waals surface area contributed by atoms with Gasteiger partial charge in [-0.25, -0.2) is 8.42 Å². The molecule has 1 aromatic rings. The van der Waals surface area contributed by atoms with Crippen LogP contribution in [0.5, 0.6) is 0 Å². The van der Waals surface area contributed by atoms with E-state index in [1.807, 2.05) is 0 Å². The van der Waals surface area contributed by atoms with E-state index in [-0.39, 0.29) is 19.0 Å². The Hall–Kier alpha value is -1.51. The first-order valence-corrected chi connectivity index (χ1v) is 8.38. The molecular weight excluding hydrogens is 294 g/mol. The zero-order valence-corrected chi connectivity index (χ0v) is 13.1. The van der Waals surface area contributed by atoms with Crippen LogP contribution in [0.4, 0.5) is 0 Å². The largest absolute Gasteiger partial charge is 0.385 e. The third-order valence-corrected chi connectivity index (χ3v) is 4.03. The Morgan fingerprint density at radius 1 is 1.38 bits per heavy atom. The molecule has 0 aromatic carbocycles. The maximum absolute atomic E-state index is 11.8. The number of sulfonamides is 1. The number of nitrogens with one attached hydrogen (secondary N) is 1. The van der Waals surface area contributed by atoms with Gasteiger partial charge in [0.1, 0.15) is 0 Å². The van der Waals surface area contributed by atoms with E-state index in [0.29, 0.717) is 19.6 Å². The zero-order valence-electron chi connectivity index (χ0n) is 12.3. The lowest BCUT2D eigenvalue weighted by molar-refractivity contribution is -0.121. The summed E-state index contributed by atoms with van der Waals surface area (Å²) in [6.07, 6.45) is 4.90. The van der Waals surface area contributed by atoms with Crippen molar-refractivity contribution in [2.24, 2.45) is 0 Å². The normalized spacial score (nSPS) is 11.6. The van der Waals surface area contributed by atoms with E-state index in [9.17, 15) is 13.2 Å². The van der Waals surface area contributed by atoms with Crippen molar-refractivity contribution in [3.8, 4) is 0 Å². The minimum absolute atomic E-state index is 0.187. The lowest BCUT2D eigenvalue weighted by Crippen LogP contribution is -2.40. The van der Waals surface area contributed by atoms with E-state index < -0.39 is 10.0 Å². The van der Waals surface area contributed by atoms with Crippen LogP contribution >= 0.6 is 0 Å². The van der Waals surface area contributed by atoms with Crippen LogP contribution in [0.2, 0.25) is 0 Å². The Balaban J connectivity index is 2.48. The highest BCUT2D eigenvalue weighted by molar-refractivity contribution is 7.88. The molecule has 118 valence electrons. The monoisotopic (exact) mass is 315 g/mol. The Bertz CT molecular complexity index is 534. The minimum Gasteiger partial charge on any atom is -0.385 e. The molecular formula is C13H21N3O4S. The second kappa shape index (κ2) is 8.71. The van der Waals surface area contributed by atoms with Gasteiger partial charge in [0.15, 0.2) is 0 Å². The van der Waals surface area contributed by atoms with Gasteiger partial charge in [-0.1, -0.05) is 0 Å². The molecule has 0 aliphatic carbocycles. The van der Waals surface area contributed by atoms with Crippen LogP contribution in [0.1, 0.15) is 12.0 Å². The Labute approximate surface area is 125 Å². The highest BCUT2D eigenvalue weighted by atomic mass is 32.2. The molecule has 7 nitrogen and oxygen atoms in total. The first-order chi connectivity index (χ1) is 9.93. The molecule has 21 heavy (non-hydrogen) atoms. The van der Waals surface area contributed by atoms with Crippen molar-refractivity contribution < 1.29 is 17.9 Å². The molecule has 0 aliphatic heterocycles. The number of ether oxygens (including phenoxy) is 1. The van der Waals surface area contributed by atoms with E-state index in [1.165, 1.54) is 0 Å². The van der Waals surface area contributed by atoms with Crippen molar-refractivity contribution in [2.45, 2.75) is 13.0 Å². The van der Waals surface area contributed by atoms with Crippen LogP contribution in [0.25, 0.3) is 0 Å². The number of carbonyl (C=O) groups excluding carboxylic acids is 1. The van der Waals surface area contributed by atoms with Gasteiger partial charge in [-0.15, -0.1) is 0 Å². The average Bonchev–Trinajstić information content (AvgIpc) is 2.44. The predicted molar refractivity (Wildman–Crippen MR) is 79.0 cm³/mol. The Morgan fingerprint density at radius 3 is 2.62 bits per heavy atom. The number of amides is 1. The topological polar surface area (TPSA) is 88.6 Å². The molecule has 0 saturated heterocycles. The van der Waals surface area contributed by atoms with E-state index in [0.717, 1.165) is 16.1 Å². The highest BCUT2D eigenvalue weighted by Gasteiger charge is 2.19. The molecule has 1 heterocycles. The number of carbonyl (C=O) groups is 1. The average molecular weight is 315 g/mol. The van der Waals surface area contributed by atoms with Crippen LogP contribution in [0, 0.1) is 0 Å². The summed E-state index contributed by atoms with van der Waals surface area (Å²) in [5, 5.41) is 2.69. The first kappa shape index (κ1) is 17.5. The summed E-state index contributed by atoms with van der Waals surface area (Å²) in [4.78, 5) is 15.7. The Morgan fingerprint density at radius 2 is 2.05 bits per heavy atom. The van der Waals surface area contributed by atoms with Crippen LogP contribution < -0.4 is 5.32 Å². The standard InChI is InChI=1S/C13H21N3O4S/c1-20-9-3-8-16(21(2,18)19)11-13(17)15-10-12-4-6-14-7-5-12/h4-7H,3,8-11H2,1-2H3,(H,15,17). The zero-order chi connectivity index (χ0) is 15.7. The molecule has 0 atom stereocenters. The highest BCUT2D eigenvalue weighted by Crippen LogP contribution is 2.00. The van der Waals surface area contributed by atoms with Gasteiger partial charge in [-0.3, -0.25) is 9.78 Å². The lowest BCUT2D eigenvalue weighted by atomic mass is 10.3. The lowest BCUT2D eigenvalue weighted by Gasteiger charge is -2.19. The van der Waals surface area contributed by atoms with Crippen LogP contribution in [-0.2, 0) is 26.1 Å². The number of hydrogen-bond acceptors (Lipinski definition) is 5. The van der Waals surface area contributed by atoms with E-state index in [4.69, 9.17) is 4.74 Å². The Kier molecular flexibility index (Phi) is 7.27. The third kappa shape index (κ3) is 7.16. The number of pyridine rings is 1. The number of methoxy groups -OCH3 is 1. The van der Waals surface area contributed by atoms with Crippen molar-refractivity contribution in [1.82, 2.24) is 14.6 Å². The molecule has 1 aromatic heterocycles. The van der Waals surface area contributed by atoms with Gasteiger partial charge < -0.3 is 10.1 Å². The van der Waals surface area contributed by atoms with Crippen LogP contribution in [-0.4, -0.2) is 56.7 Å². The molecule has 0 radical (unpaired) electrons. The van der Waals surface area contributed by atoms with Crippen LogP contribution in [0.3, 0.4) is 0 Å². The predicted octanol–water partition coefficient (Wildman–Crippen LogP) is -0.00410. The molecule has 0 spiro atoms. The van der Waals surface area contributed by atoms with Gasteiger partial charge in [0.2, 0.25) is 15.9 Å². The summed E-state index contributed by atoms with van der Waals surface area (Å²) in [7, 11) is -1.87. The van der Waals surface area contributed by atoms with E-state index in [1.54, 1.807) is 31.6 Å². The number of rotatable bonds is 9. The fourth-order valence-electron chi connectivity index (χ4n) is 1.66. The summed E-state index contributed by atoms with van der Waals surface area (Å²) >= 11 is 0. The molecule has 0 fully saturated rings. The van der Waals surface area contributed by atoms with Crippen molar-refractivity contribution in [3.05, 3.63) is 30.1 Å². The van der Waals surface area contributed by atoms with E-state index in [2.05, 4.69) is 10.3 Å². The van der Waals surface area contributed by atoms with Gasteiger partial charge in [0, 0.05) is 39.2 Å². The molecule has 8 heteroatoms. The number of aromatic nitrogens is 1. The molecule has 0 saturated carbocycles. The molecule has 0 unspecified atom stereocenters. The third-order valence-electron chi connectivity index (χ3n) is 2.78. The summed E-state index contributed by atoms with van der Waals surface area (Å²) < 4.78 is 29.3. The molecule has 0 aliphatic rings. The summed E-state index contributed by atoms with van der Waals surface area (Å²) in [5.74, 6) is -0.338. The van der Waals surface area contributed by atoms with E-state index >= 15 is 0 Å². The SMILES string of the molecule is COCCCN(CC(=O)NCc1ccncc1)S(C)(=O)=O. The summed E-state index contributed by atoms with van der Waals surface area (Å²) in [6.45, 7) is 0.866. The van der Waals surface area contributed by atoms with Crippen molar-refractivity contribution in [2.75, 3.05) is 33.1 Å². The van der Waals surface area contributed by atoms with Crippen molar-refractivity contribution >= 4 is 15.9 Å². The summed E-state index contributed by atoms with van der Waals surface area (Å²) in [5.41, 5.74) is 0.906. The second-order valence-corrected chi connectivity index (χ2v) is 6.56. The maximum atomic E-state index is 11.8.